The van der Waals surface area contributed by atoms with Crippen molar-refractivity contribution in [2.24, 2.45) is 13.0 Å². The molecule has 0 atom stereocenters. The molecule has 38 heavy (non-hydrogen) atoms. The SMILES string of the molecule is Cn1cc(CN[C@H]2CC[C@H](CNc3nc(NCc4ccccc4OC(F)(F)F)ncc3[N+](=O)[O-])CC2)cn1. The number of aromatic nitrogens is 4. The molecule has 3 aromatic rings. The van der Waals surface area contributed by atoms with E-state index in [-0.39, 0.29) is 35.3 Å². The monoisotopic (exact) mass is 534 g/mol. The first kappa shape index (κ1) is 27.1. The van der Waals surface area contributed by atoms with Crippen molar-refractivity contribution in [2.75, 3.05) is 17.2 Å². The number of ether oxygens (including phenoxy) is 1. The van der Waals surface area contributed by atoms with Gasteiger partial charge in [-0.3, -0.25) is 14.8 Å². The fraction of sp³-hybridized carbons (Fsp3) is 0.458. The highest BCUT2D eigenvalue weighted by Gasteiger charge is 2.32. The first-order valence-corrected chi connectivity index (χ1v) is 12.2. The summed E-state index contributed by atoms with van der Waals surface area (Å²) in [5.74, 6) is 0.0782. The highest BCUT2D eigenvalue weighted by atomic mass is 19.4. The van der Waals surface area contributed by atoms with Crippen molar-refractivity contribution in [3.05, 3.63) is 64.1 Å². The van der Waals surface area contributed by atoms with Crippen LogP contribution in [0.3, 0.4) is 0 Å². The van der Waals surface area contributed by atoms with Crippen LogP contribution in [-0.2, 0) is 20.1 Å². The predicted octanol–water partition coefficient (Wildman–Crippen LogP) is 4.39. The number of rotatable bonds is 11. The minimum atomic E-state index is -4.83. The number of benzene rings is 1. The van der Waals surface area contributed by atoms with Gasteiger partial charge in [0.15, 0.2) is 0 Å². The molecule has 2 aromatic heterocycles. The Kier molecular flexibility index (Phi) is 8.61. The molecule has 0 radical (unpaired) electrons. The summed E-state index contributed by atoms with van der Waals surface area (Å²) < 4.78 is 43.9. The van der Waals surface area contributed by atoms with Crippen LogP contribution < -0.4 is 20.7 Å². The van der Waals surface area contributed by atoms with Gasteiger partial charge in [-0.2, -0.15) is 10.1 Å². The highest BCUT2D eigenvalue weighted by Crippen LogP contribution is 2.29. The number of para-hydroxylation sites is 1. The molecule has 3 N–H and O–H groups in total. The second-order valence-electron chi connectivity index (χ2n) is 9.20. The lowest BCUT2D eigenvalue weighted by molar-refractivity contribution is -0.384. The molecule has 0 spiro atoms. The summed E-state index contributed by atoms with van der Waals surface area (Å²) in [6.07, 6.45) is 3.97. The van der Waals surface area contributed by atoms with Gasteiger partial charge in [0.1, 0.15) is 11.9 Å². The molecule has 1 fully saturated rings. The number of nitrogens with one attached hydrogen (secondary N) is 3. The number of nitrogens with zero attached hydrogens (tertiary/aromatic N) is 5. The van der Waals surface area contributed by atoms with Gasteiger partial charge in [0.25, 0.3) is 0 Å². The Morgan fingerprint density at radius 1 is 1.13 bits per heavy atom. The molecule has 11 nitrogen and oxygen atoms in total. The van der Waals surface area contributed by atoms with Gasteiger partial charge in [-0.25, -0.2) is 4.98 Å². The number of anilines is 2. The summed E-state index contributed by atoms with van der Waals surface area (Å²) in [5.41, 5.74) is 1.09. The van der Waals surface area contributed by atoms with Crippen molar-refractivity contribution < 1.29 is 22.8 Å². The van der Waals surface area contributed by atoms with E-state index in [1.165, 1.54) is 18.2 Å². The molecule has 1 aliphatic rings. The van der Waals surface area contributed by atoms with Gasteiger partial charge in [-0.05, 0) is 37.7 Å². The van der Waals surface area contributed by atoms with E-state index >= 15 is 0 Å². The van der Waals surface area contributed by atoms with Crippen LogP contribution >= 0.6 is 0 Å². The smallest absolute Gasteiger partial charge is 0.405 e. The Balaban J connectivity index is 1.31. The lowest BCUT2D eigenvalue weighted by atomic mass is 9.86. The molecule has 0 unspecified atom stereocenters. The average molecular weight is 535 g/mol. The quantitative estimate of drug-likeness (QED) is 0.242. The van der Waals surface area contributed by atoms with Crippen molar-refractivity contribution >= 4 is 17.5 Å². The summed E-state index contributed by atoms with van der Waals surface area (Å²) in [6.45, 7) is 1.20. The summed E-state index contributed by atoms with van der Waals surface area (Å²) >= 11 is 0. The van der Waals surface area contributed by atoms with Crippen LogP contribution in [0.1, 0.15) is 36.8 Å². The van der Waals surface area contributed by atoms with Gasteiger partial charge in [0, 0.05) is 50.0 Å². The van der Waals surface area contributed by atoms with E-state index in [0.29, 0.717) is 18.5 Å². The summed E-state index contributed by atoms with van der Waals surface area (Å²) in [4.78, 5) is 19.1. The van der Waals surface area contributed by atoms with Crippen LogP contribution in [0.15, 0.2) is 42.9 Å². The topological polar surface area (TPSA) is 132 Å². The zero-order valence-electron chi connectivity index (χ0n) is 20.7. The second kappa shape index (κ2) is 12.1. The summed E-state index contributed by atoms with van der Waals surface area (Å²) in [7, 11) is 1.88. The van der Waals surface area contributed by atoms with E-state index in [0.717, 1.165) is 44.0 Å². The van der Waals surface area contributed by atoms with Crippen LogP contribution in [0.5, 0.6) is 5.75 Å². The van der Waals surface area contributed by atoms with E-state index in [1.54, 1.807) is 10.7 Å². The molecule has 0 saturated heterocycles. The first-order chi connectivity index (χ1) is 18.2. The van der Waals surface area contributed by atoms with E-state index < -0.39 is 11.3 Å². The van der Waals surface area contributed by atoms with Gasteiger partial charge >= 0.3 is 12.0 Å². The molecule has 0 amide bonds. The third kappa shape index (κ3) is 7.78. The predicted molar refractivity (Wildman–Crippen MR) is 133 cm³/mol. The van der Waals surface area contributed by atoms with Gasteiger partial charge in [-0.15, -0.1) is 13.2 Å². The molecule has 204 valence electrons. The van der Waals surface area contributed by atoms with Gasteiger partial charge in [0.2, 0.25) is 11.8 Å². The van der Waals surface area contributed by atoms with E-state index in [4.69, 9.17) is 0 Å². The maximum Gasteiger partial charge on any atom is 0.573 e. The molecule has 0 aliphatic heterocycles. The summed E-state index contributed by atoms with van der Waals surface area (Å²) in [6, 6.07) is 6.09. The largest absolute Gasteiger partial charge is 0.573 e. The van der Waals surface area contributed by atoms with Crippen LogP contribution in [-0.4, -0.2) is 43.6 Å². The Labute approximate surface area is 217 Å². The number of halogens is 3. The fourth-order valence-corrected chi connectivity index (χ4v) is 4.41. The minimum absolute atomic E-state index is 0.0446. The zero-order valence-corrected chi connectivity index (χ0v) is 20.7. The normalized spacial score (nSPS) is 17.7. The van der Waals surface area contributed by atoms with Crippen molar-refractivity contribution in [2.45, 2.75) is 51.2 Å². The molecule has 4 rings (SSSR count). The Bertz CT molecular complexity index is 1230. The Morgan fingerprint density at radius 3 is 2.58 bits per heavy atom. The van der Waals surface area contributed by atoms with Gasteiger partial charge in [0.05, 0.1) is 11.1 Å². The first-order valence-electron chi connectivity index (χ1n) is 12.2. The van der Waals surface area contributed by atoms with Crippen molar-refractivity contribution in [1.29, 1.82) is 0 Å². The zero-order chi connectivity index (χ0) is 27.1. The molecular weight excluding hydrogens is 505 g/mol. The fourth-order valence-electron chi connectivity index (χ4n) is 4.41. The Hall–Kier alpha value is -3.94. The number of aryl methyl sites for hydroxylation is 1. The van der Waals surface area contributed by atoms with Crippen LogP contribution in [0, 0.1) is 16.0 Å². The number of alkyl halides is 3. The molecule has 1 saturated carbocycles. The number of nitro groups is 1. The average Bonchev–Trinajstić information content (AvgIpc) is 3.30. The maximum atomic E-state index is 12.7. The molecule has 14 heteroatoms. The van der Waals surface area contributed by atoms with Crippen molar-refractivity contribution in [3.63, 3.8) is 0 Å². The molecule has 0 bridgehead atoms. The maximum absolute atomic E-state index is 12.7. The van der Waals surface area contributed by atoms with E-state index in [1.807, 2.05) is 19.4 Å². The van der Waals surface area contributed by atoms with E-state index in [2.05, 4.69) is 35.8 Å². The third-order valence-corrected chi connectivity index (χ3v) is 6.36. The van der Waals surface area contributed by atoms with Gasteiger partial charge < -0.3 is 20.7 Å². The van der Waals surface area contributed by atoms with Crippen molar-refractivity contribution in [1.82, 2.24) is 25.1 Å². The lowest BCUT2D eigenvalue weighted by Gasteiger charge is -2.29. The lowest BCUT2D eigenvalue weighted by Crippen LogP contribution is -2.34. The van der Waals surface area contributed by atoms with Gasteiger partial charge in [-0.1, -0.05) is 18.2 Å². The second-order valence-corrected chi connectivity index (χ2v) is 9.20. The molecule has 1 aliphatic carbocycles. The molecule has 1 aromatic carbocycles. The minimum Gasteiger partial charge on any atom is -0.405 e. The summed E-state index contributed by atoms with van der Waals surface area (Å²) in [5, 5.41) is 25.1. The number of hydrogen-bond donors (Lipinski definition) is 3. The van der Waals surface area contributed by atoms with E-state index in [9.17, 15) is 23.3 Å². The third-order valence-electron chi connectivity index (χ3n) is 6.36. The van der Waals surface area contributed by atoms with Crippen LogP contribution in [0.25, 0.3) is 0 Å². The molecule has 2 heterocycles. The van der Waals surface area contributed by atoms with Crippen molar-refractivity contribution in [3.8, 4) is 5.75 Å². The number of hydrogen-bond acceptors (Lipinski definition) is 9. The standard InChI is InChI=1S/C24H29F3N8O3/c1-34-15-17(12-32-34)11-28-19-8-6-16(7-9-19)10-29-22-20(35(36)37)14-31-23(33-22)30-13-18-4-2-3-5-21(18)38-24(25,26)27/h2-5,12,14-16,19,28H,6-11,13H2,1H3,(H2,29,30,31,33)/t16-,19-. The van der Waals surface area contributed by atoms with Crippen LogP contribution in [0.4, 0.5) is 30.6 Å². The van der Waals surface area contributed by atoms with Crippen LogP contribution in [0.2, 0.25) is 0 Å². The molecular formula is C24H29F3N8O3. The Morgan fingerprint density at radius 2 is 1.89 bits per heavy atom. The highest BCUT2D eigenvalue weighted by molar-refractivity contribution is 5.57.